The quantitative estimate of drug-likeness (QED) is 0.319. The van der Waals surface area contributed by atoms with Gasteiger partial charge < -0.3 is 24.7 Å². The van der Waals surface area contributed by atoms with Crippen molar-refractivity contribution in [3.05, 3.63) is 89.2 Å². The number of hydrogen-bond donors (Lipinski definition) is 2. The lowest BCUT2D eigenvalue weighted by molar-refractivity contribution is -0.115. The summed E-state index contributed by atoms with van der Waals surface area (Å²) < 4.78 is 12.1. The molecule has 8 heteroatoms. The molecule has 4 aromatic rings. The van der Waals surface area contributed by atoms with E-state index in [0.717, 1.165) is 16.8 Å². The molecule has 4 rings (SSSR count). The molecule has 0 saturated heterocycles. The highest BCUT2D eigenvalue weighted by Gasteiger charge is 2.26. The topological polar surface area (TPSA) is 94.5 Å². The number of carbonyl (C=O) groups excluding carboxylic acids is 2. The SMILES string of the molecule is COCCn1c(C(=O)OC)c(NC(=O)Cc2ccccc2)c2cc(NCc3cccc(C)c3)cnc21. The Kier molecular flexibility index (Phi) is 7.97. The number of amides is 1. The molecule has 0 spiro atoms. The Labute approximate surface area is 210 Å². The summed E-state index contributed by atoms with van der Waals surface area (Å²) in [4.78, 5) is 30.5. The monoisotopic (exact) mass is 486 g/mol. The van der Waals surface area contributed by atoms with Gasteiger partial charge >= 0.3 is 5.97 Å². The first-order valence-electron chi connectivity index (χ1n) is 11.7. The fourth-order valence-corrected chi connectivity index (χ4v) is 4.15. The lowest BCUT2D eigenvalue weighted by Crippen LogP contribution is -2.19. The number of ether oxygens (including phenoxy) is 2. The summed E-state index contributed by atoms with van der Waals surface area (Å²) in [6.45, 7) is 3.40. The maximum atomic E-state index is 13.0. The van der Waals surface area contributed by atoms with Crippen LogP contribution >= 0.6 is 0 Å². The lowest BCUT2D eigenvalue weighted by atomic mass is 10.1. The van der Waals surface area contributed by atoms with Gasteiger partial charge in [-0.15, -0.1) is 0 Å². The molecule has 0 atom stereocenters. The van der Waals surface area contributed by atoms with Crippen molar-refractivity contribution in [2.45, 2.75) is 26.4 Å². The number of anilines is 2. The average molecular weight is 487 g/mol. The molecular weight excluding hydrogens is 456 g/mol. The van der Waals surface area contributed by atoms with Crippen LogP contribution < -0.4 is 10.6 Å². The summed E-state index contributed by atoms with van der Waals surface area (Å²) in [7, 11) is 2.91. The number of nitrogens with zero attached hydrogens (tertiary/aromatic N) is 2. The minimum atomic E-state index is -0.562. The summed E-state index contributed by atoms with van der Waals surface area (Å²) in [5, 5.41) is 6.98. The Morgan fingerprint density at radius 2 is 1.78 bits per heavy atom. The van der Waals surface area contributed by atoms with Crippen molar-refractivity contribution in [2.24, 2.45) is 0 Å². The highest BCUT2D eigenvalue weighted by atomic mass is 16.5. The van der Waals surface area contributed by atoms with Gasteiger partial charge in [-0.1, -0.05) is 60.2 Å². The van der Waals surface area contributed by atoms with Crippen LogP contribution in [0.1, 0.15) is 27.2 Å². The van der Waals surface area contributed by atoms with Crippen LogP contribution in [0.3, 0.4) is 0 Å². The van der Waals surface area contributed by atoms with Gasteiger partial charge in [-0.3, -0.25) is 4.79 Å². The average Bonchev–Trinajstić information content (AvgIpc) is 3.18. The number of nitrogens with one attached hydrogen (secondary N) is 2. The van der Waals surface area contributed by atoms with Crippen molar-refractivity contribution in [2.75, 3.05) is 31.5 Å². The van der Waals surface area contributed by atoms with E-state index in [1.165, 1.54) is 12.7 Å². The Hall–Kier alpha value is -4.17. The third kappa shape index (κ3) is 5.72. The van der Waals surface area contributed by atoms with Gasteiger partial charge in [-0.25, -0.2) is 9.78 Å². The summed E-state index contributed by atoms with van der Waals surface area (Å²) in [5.74, 6) is -0.802. The zero-order valence-corrected chi connectivity index (χ0v) is 20.7. The normalized spacial score (nSPS) is 10.9. The molecule has 1 amide bonds. The number of methoxy groups -OCH3 is 2. The molecule has 186 valence electrons. The van der Waals surface area contributed by atoms with Crippen molar-refractivity contribution in [1.29, 1.82) is 0 Å². The minimum absolute atomic E-state index is 0.172. The van der Waals surface area contributed by atoms with Crippen LogP contribution in [-0.4, -0.2) is 42.3 Å². The van der Waals surface area contributed by atoms with Crippen LogP contribution in [0.25, 0.3) is 11.0 Å². The summed E-state index contributed by atoms with van der Waals surface area (Å²) >= 11 is 0. The van der Waals surface area contributed by atoms with Crippen LogP contribution in [-0.2, 0) is 33.8 Å². The highest BCUT2D eigenvalue weighted by molar-refractivity contribution is 6.11. The maximum absolute atomic E-state index is 13.0. The van der Waals surface area contributed by atoms with Gasteiger partial charge in [0.05, 0.1) is 37.7 Å². The number of hydrogen-bond acceptors (Lipinski definition) is 6. The first-order valence-corrected chi connectivity index (χ1v) is 11.7. The van der Waals surface area contributed by atoms with Gasteiger partial charge in [0, 0.05) is 25.6 Å². The Balaban J connectivity index is 1.72. The van der Waals surface area contributed by atoms with Gasteiger partial charge in [-0.05, 0) is 24.1 Å². The van der Waals surface area contributed by atoms with Crippen LogP contribution in [0.2, 0.25) is 0 Å². The summed E-state index contributed by atoms with van der Waals surface area (Å²) in [5.41, 5.74) is 5.13. The summed E-state index contributed by atoms with van der Waals surface area (Å²) in [6.07, 6.45) is 1.89. The third-order valence-corrected chi connectivity index (χ3v) is 5.85. The van der Waals surface area contributed by atoms with Gasteiger partial charge in [0.15, 0.2) is 5.69 Å². The number of esters is 1. The van der Waals surface area contributed by atoms with E-state index in [-0.39, 0.29) is 18.0 Å². The fourth-order valence-electron chi connectivity index (χ4n) is 4.15. The predicted octanol–water partition coefficient (Wildman–Crippen LogP) is 4.57. The molecule has 8 nitrogen and oxygen atoms in total. The second-order valence-corrected chi connectivity index (χ2v) is 8.51. The van der Waals surface area contributed by atoms with E-state index in [9.17, 15) is 9.59 Å². The fraction of sp³-hybridized carbons (Fsp3) is 0.250. The number of rotatable bonds is 10. The van der Waals surface area contributed by atoms with Gasteiger partial charge in [-0.2, -0.15) is 0 Å². The number of aromatic nitrogens is 2. The molecule has 0 aliphatic rings. The van der Waals surface area contributed by atoms with Crippen molar-refractivity contribution < 1.29 is 19.1 Å². The smallest absolute Gasteiger partial charge is 0.356 e. The van der Waals surface area contributed by atoms with E-state index in [0.29, 0.717) is 36.4 Å². The first kappa shape index (κ1) is 24.9. The summed E-state index contributed by atoms with van der Waals surface area (Å²) in [6, 6.07) is 19.6. The van der Waals surface area contributed by atoms with E-state index in [4.69, 9.17) is 9.47 Å². The molecule has 0 aliphatic carbocycles. The number of pyridine rings is 1. The van der Waals surface area contributed by atoms with E-state index >= 15 is 0 Å². The van der Waals surface area contributed by atoms with Crippen LogP contribution in [0.5, 0.6) is 0 Å². The van der Waals surface area contributed by atoms with Crippen LogP contribution in [0.4, 0.5) is 11.4 Å². The van der Waals surface area contributed by atoms with E-state index in [2.05, 4.69) is 40.7 Å². The predicted molar refractivity (Wildman–Crippen MR) is 140 cm³/mol. The molecule has 2 aromatic heterocycles. The third-order valence-electron chi connectivity index (χ3n) is 5.85. The maximum Gasteiger partial charge on any atom is 0.356 e. The van der Waals surface area contributed by atoms with E-state index in [1.54, 1.807) is 17.9 Å². The van der Waals surface area contributed by atoms with Crippen molar-refractivity contribution in [1.82, 2.24) is 9.55 Å². The lowest BCUT2D eigenvalue weighted by Gasteiger charge is -2.10. The largest absolute Gasteiger partial charge is 0.464 e. The second-order valence-electron chi connectivity index (χ2n) is 8.51. The van der Waals surface area contributed by atoms with Crippen molar-refractivity contribution >= 4 is 34.3 Å². The zero-order chi connectivity index (χ0) is 25.5. The molecule has 2 heterocycles. The van der Waals surface area contributed by atoms with Crippen molar-refractivity contribution in [3.8, 4) is 0 Å². The zero-order valence-electron chi connectivity index (χ0n) is 20.7. The highest BCUT2D eigenvalue weighted by Crippen LogP contribution is 2.33. The molecule has 0 fully saturated rings. The molecule has 2 aromatic carbocycles. The van der Waals surface area contributed by atoms with Gasteiger partial charge in [0.2, 0.25) is 5.91 Å². The second kappa shape index (κ2) is 11.5. The molecule has 0 aliphatic heterocycles. The molecular formula is C28H30N4O4. The van der Waals surface area contributed by atoms with Gasteiger partial charge in [0.1, 0.15) is 5.65 Å². The molecule has 2 N–H and O–H groups in total. The number of carbonyl (C=O) groups is 2. The number of aryl methyl sites for hydroxylation is 1. The van der Waals surface area contributed by atoms with Gasteiger partial charge in [0.25, 0.3) is 0 Å². The van der Waals surface area contributed by atoms with E-state index in [1.807, 2.05) is 42.5 Å². The molecule has 0 saturated carbocycles. The molecule has 36 heavy (non-hydrogen) atoms. The number of fused-ring (bicyclic) bond motifs is 1. The number of benzene rings is 2. The van der Waals surface area contributed by atoms with Crippen LogP contribution in [0.15, 0.2) is 66.9 Å². The molecule has 0 bridgehead atoms. The Morgan fingerprint density at radius 1 is 1.00 bits per heavy atom. The Morgan fingerprint density at radius 3 is 2.50 bits per heavy atom. The Bertz CT molecular complexity index is 1360. The minimum Gasteiger partial charge on any atom is -0.464 e. The molecule has 0 unspecified atom stereocenters. The van der Waals surface area contributed by atoms with Crippen molar-refractivity contribution in [3.63, 3.8) is 0 Å². The molecule has 0 radical (unpaired) electrons. The van der Waals surface area contributed by atoms with Crippen LogP contribution in [0, 0.1) is 6.92 Å². The van der Waals surface area contributed by atoms with E-state index < -0.39 is 5.97 Å². The standard InChI is InChI=1S/C28H30N4O4/c1-19-8-7-11-21(14-19)17-29-22-16-23-25(31-24(33)15-20-9-5-4-6-10-20)26(28(34)36-3)32(12-13-35-2)27(23)30-18-22/h4-11,14,16,18,29H,12-13,15,17H2,1-3H3,(H,31,33). The first-order chi connectivity index (χ1) is 17.5.